The fraction of sp³-hybridized carbons (Fsp3) is 0.250. The normalized spacial score (nSPS) is 19.9. The van der Waals surface area contributed by atoms with Gasteiger partial charge < -0.3 is 9.84 Å². The zero-order valence-corrected chi connectivity index (χ0v) is 14.8. The van der Waals surface area contributed by atoms with Crippen LogP contribution in [0, 0.1) is 5.82 Å². The monoisotopic (exact) mass is 366 g/mol. The molecule has 1 aliphatic heterocycles. The van der Waals surface area contributed by atoms with Crippen LogP contribution in [0.1, 0.15) is 28.7 Å². The topological polar surface area (TPSA) is 71.3 Å². The first-order chi connectivity index (χ1) is 13.1. The summed E-state index contributed by atoms with van der Waals surface area (Å²) in [5.41, 5.74) is 1.33. The molecule has 0 saturated carbocycles. The quantitative estimate of drug-likeness (QED) is 0.768. The summed E-state index contributed by atoms with van der Waals surface area (Å²) in [7, 11) is 1.96. The molecule has 0 bridgehead atoms. The second kappa shape index (κ2) is 7.28. The number of carbonyl (C=O) groups is 1. The van der Waals surface area contributed by atoms with Crippen LogP contribution < -0.4 is 5.32 Å². The Morgan fingerprint density at radius 3 is 2.67 bits per heavy atom. The van der Waals surface area contributed by atoms with E-state index in [9.17, 15) is 9.18 Å². The number of hydrogen-bond donors (Lipinski definition) is 1. The molecule has 1 amide bonds. The molecule has 2 heterocycles. The minimum atomic E-state index is -0.363. The van der Waals surface area contributed by atoms with E-state index in [-0.39, 0.29) is 23.8 Å². The van der Waals surface area contributed by atoms with Gasteiger partial charge in [0.2, 0.25) is 11.7 Å². The SMILES string of the molecule is CN1CC(NC(=O)c2ccc(F)cc2)CC1c1nc(-c2ccccc2)no1. The number of rotatable bonds is 4. The first-order valence-corrected chi connectivity index (χ1v) is 8.76. The van der Waals surface area contributed by atoms with Crippen molar-refractivity contribution >= 4 is 5.91 Å². The van der Waals surface area contributed by atoms with Gasteiger partial charge in [0.25, 0.3) is 5.91 Å². The predicted molar refractivity (Wildman–Crippen MR) is 97.4 cm³/mol. The van der Waals surface area contributed by atoms with Crippen LogP contribution in [0.25, 0.3) is 11.4 Å². The summed E-state index contributed by atoms with van der Waals surface area (Å²) in [4.78, 5) is 18.9. The van der Waals surface area contributed by atoms with Crippen molar-refractivity contribution in [1.29, 1.82) is 0 Å². The highest BCUT2D eigenvalue weighted by Crippen LogP contribution is 2.31. The van der Waals surface area contributed by atoms with Gasteiger partial charge in [-0.25, -0.2) is 4.39 Å². The van der Waals surface area contributed by atoms with E-state index < -0.39 is 0 Å². The number of hydrogen-bond acceptors (Lipinski definition) is 5. The molecule has 0 spiro atoms. The number of likely N-dealkylation sites (tertiary alicyclic amines) is 1. The van der Waals surface area contributed by atoms with Gasteiger partial charge in [-0.2, -0.15) is 4.98 Å². The summed E-state index contributed by atoms with van der Waals surface area (Å²) in [6, 6.07) is 15.0. The molecule has 3 aromatic rings. The molecular weight excluding hydrogens is 347 g/mol. The van der Waals surface area contributed by atoms with Crippen LogP contribution in [0.2, 0.25) is 0 Å². The number of nitrogens with zero attached hydrogens (tertiary/aromatic N) is 3. The summed E-state index contributed by atoms with van der Waals surface area (Å²) in [5.74, 6) is 0.509. The van der Waals surface area contributed by atoms with Crippen molar-refractivity contribution in [2.45, 2.75) is 18.5 Å². The highest BCUT2D eigenvalue weighted by molar-refractivity contribution is 5.94. The van der Waals surface area contributed by atoms with Gasteiger partial charge >= 0.3 is 0 Å². The number of nitrogens with one attached hydrogen (secondary N) is 1. The lowest BCUT2D eigenvalue weighted by molar-refractivity contribution is 0.0938. The molecule has 0 aliphatic carbocycles. The number of carbonyl (C=O) groups excluding carboxylic acids is 1. The maximum absolute atomic E-state index is 13.0. The fourth-order valence-corrected chi connectivity index (χ4v) is 3.34. The third-order valence-corrected chi connectivity index (χ3v) is 4.75. The first-order valence-electron chi connectivity index (χ1n) is 8.76. The Kier molecular flexibility index (Phi) is 4.68. The van der Waals surface area contributed by atoms with Crippen LogP contribution in [-0.4, -0.2) is 40.6 Å². The average Bonchev–Trinajstić information content (AvgIpc) is 3.29. The largest absolute Gasteiger partial charge is 0.348 e. The van der Waals surface area contributed by atoms with E-state index in [2.05, 4.69) is 20.4 Å². The van der Waals surface area contributed by atoms with E-state index in [4.69, 9.17) is 4.52 Å². The molecule has 2 aromatic carbocycles. The molecule has 6 nitrogen and oxygen atoms in total. The maximum atomic E-state index is 13.0. The maximum Gasteiger partial charge on any atom is 0.251 e. The van der Waals surface area contributed by atoms with E-state index in [0.29, 0.717) is 30.2 Å². The van der Waals surface area contributed by atoms with Crippen LogP contribution in [0.4, 0.5) is 4.39 Å². The van der Waals surface area contributed by atoms with Crippen LogP contribution in [0.15, 0.2) is 59.1 Å². The summed E-state index contributed by atoms with van der Waals surface area (Å²) >= 11 is 0. The minimum Gasteiger partial charge on any atom is -0.348 e. The van der Waals surface area contributed by atoms with Crippen molar-refractivity contribution in [2.24, 2.45) is 0 Å². The predicted octanol–water partition coefficient (Wildman–Crippen LogP) is 3.05. The van der Waals surface area contributed by atoms with Crippen LogP contribution in [0.5, 0.6) is 0 Å². The standard InChI is InChI=1S/C20H19FN4O2/c1-25-12-16(22-19(26)14-7-9-15(21)10-8-14)11-17(25)20-23-18(24-27-20)13-5-3-2-4-6-13/h2-10,16-17H,11-12H2,1H3,(H,22,26). The summed E-state index contributed by atoms with van der Waals surface area (Å²) in [6.07, 6.45) is 0.667. The van der Waals surface area contributed by atoms with Gasteiger partial charge in [-0.1, -0.05) is 35.5 Å². The second-order valence-electron chi connectivity index (χ2n) is 6.69. The zero-order chi connectivity index (χ0) is 18.8. The van der Waals surface area contributed by atoms with Gasteiger partial charge in [0, 0.05) is 23.7 Å². The Morgan fingerprint density at radius 2 is 1.93 bits per heavy atom. The van der Waals surface area contributed by atoms with E-state index in [1.54, 1.807) is 0 Å². The highest BCUT2D eigenvalue weighted by Gasteiger charge is 2.35. The van der Waals surface area contributed by atoms with Crippen molar-refractivity contribution in [1.82, 2.24) is 20.4 Å². The molecule has 1 saturated heterocycles. The van der Waals surface area contributed by atoms with Crippen molar-refractivity contribution in [3.05, 3.63) is 71.9 Å². The van der Waals surface area contributed by atoms with Gasteiger partial charge in [-0.3, -0.25) is 9.69 Å². The summed E-state index contributed by atoms with van der Waals surface area (Å²) in [5, 5.41) is 7.06. The first kappa shape index (κ1) is 17.4. The summed E-state index contributed by atoms with van der Waals surface area (Å²) in [6.45, 7) is 0.667. The Morgan fingerprint density at radius 1 is 1.19 bits per heavy atom. The lowest BCUT2D eigenvalue weighted by atomic mass is 10.1. The van der Waals surface area contributed by atoms with E-state index in [0.717, 1.165) is 5.56 Å². The van der Waals surface area contributed by atoms with Gasteiger partial charge in [-0.15, -0.1) is 0 Å². The van der Waals surface area contributed by atoms with E-state index in [1.165, 1.54) is 24.3 Å². The number of benzene rings is 2. The molecule has 0 radical (unpaired) electrons. The number of amides is 1. The number of aromatic nitrogens is 2. The third-order valence-electron chi connectivity index (χ3n) is 4.75. The minimum absolute atomic E-state index is 0.0513. The Balaban J connectivity index is 1.43. The molecule has 27 heavy (non-hydrogen) atoms. The van der Waals surface area contributed by atoms with Crippen molar-refractivity contribution in [2.75, 3.05) is 13.6 Å². The van der Waals surface area contributed by atoms with Gasteiger partial charge in [-0.05, 0) is 37.7 Å². The number of likely N-dealkylation sites (N-methyl/N-ethyl adjacent to an activating group) is 1. The Hall–Kier alpha value is -3.06. The zero-order valence-electron chi connectivity index (χ0n) is 14.8. The Labute approximate surface area is 156 Å². The van der Waals surface area contributed by atoms with E-state index in [1.807, 2.05) is 37.4 Å². The molecule has 7 heteroatoms. The van der Waals surface area contributed by atoms with Crippen LogP contribution in [0.3, 0.4) is 0 Å². The molecule has 4 rings (SSSR count). The molecule has 1 N–H and O–H groups in total. The lowest BCUT2D eigenvalue weighted by Gasteiger charge is -2.14. The molecule has 1 aliphatic rings. The van der Waals surface area contributed by atoms with Crippen molar-refractivity contribution in [3.63, 3.8) is 0 Å². The van der Waals surface area contributed by atoms with Crippen molar-refractivity contribution < 1.29 is 13.7 Å². The summed E-state index contributed by atoms with van der Waals surface area (Å²) < 4.78 is 18.5. The number of halogens is 1. The lowest BCUT2D eigenvalue weighted by Crippen LogP contribution is -2.36. The van der Waals surface area contributed by atoms with Crippen LogP contribution >= 0.6 is 0 Å². The molecule has 2 atom stereocenters. The van der Waals surface area contributed by atoms with Crippen LogP contribution in [-0.2, 0) is 0 Å². The van der Waals surface area contributed by atoms with Gasteiger partial charge in [0.15, 0.2) is 0 Å². The Bertz CT molecular complexity index is 927. The van der Waals surface area contributed by atoms with E-state index >= 15 is 0 Å². The molecule has 1 fully saturated rings. The fourth-order valence-electron chi connectivity index (χ4n) is 3.34. The average molecular weight is 366 g/mol. The van der Waals surface area contributed by atoms with Crippen molar-refractivity contribution in [3.8, 4) is 11.4 Å². The molecule has 1 aromatic heterocycles. The molecule has 138 valence electrons. The highest BCUT2D eigenvalue weighted by atomic mass is 19.1. The van der Waals surface area contributed by atoms with Gasteiger partial charge in [0.1, 0.15) is 5.82 Å². The molecular formula is C20H19FN4O2. The molecule has 2 unspecified atom stereocenters. The third kappa shape index (κ3) is 3.73. The second-order valence-corrected chi connectivity index (χ2v) is 6.69. The van der Waals surface area contributed by atoms with Gasteiger partial charge in [0.05, 0.1) is 6.04 Å². The smallest absolute Gasteiger partial charge is 0.251 e.